The lowest BCUT2D eigenvalue weighted by atomic mass is 10.1. The van der Waals surface area contributed by atoms with Crippen LogP contribution in [0.2, 0.25) is 0 Å². The molecule has 102 valence electrons. The van der Waals surface area contributed by atoms with Crippen LogP contribution in [0.4, 0.5) is 0 Å². The Hall–Kier alpha value is -2.07. The smallest absolute Gasteiger partial charge is 0.323 e. The third-order valence-electron chi connectivity index (χ3n) is 2.75. The molecule has 2 aromatic carbocycles. The van der Waals surface area contributed by atoms with Gasteiger partial charge in [0, 0.05) is 5.56 Å². The van der Waals surface area contributed by atoms with E-state index in [-0.39, 0.29) is 5.12 Å². The van der Waals surface area contributed by atoms with E-state index < -0.39 is 11.2 Å². The highest BCUT2D eigenvalue weighted by atomic mass is 32.2. The van der Waals surface area contributed by atoms with Crippen molar-refractivity contribution in [2.45, 2.75) is 5.25 Å². The Morgan fingerprint density at radius 3 is 2.05 bits per heavy atom. The summed E-state index contributed by atoms with van der Waals surface area (Å²) < 4.78 is 4.79. The van der Waals surface area contributed by atoms with Crippen LogP contribution in [0.3, 0.4) is 0 Å². The molecule has 1 unspecified atom stereocenters. The van der Waals surface area contributed by atoms with Crippen LogP contribution >= 0.6 is 11.8 Å². The second-order valence-electron chi connectivity index (χ2n) is 4.09. The Morgan fingerprint density at radius 2 is 1.50 bits per heavy atom. The van der Waals surface area contributed by atoms with Gasteiger partial charge < -0.3 is 4.74 Å². The number of benzene rings is 2. The molecular weight excluding hydrogens is 272 g/mol. The van der Waals surface area contributed by atoms with Crippen LogP contribution < -0.4 is 0 Å². The highest BCUT2D eigenvalue weighted by Gasteiger charge is 2.25. The molecule has 0 fully saturated rings. The van der Waals surface area contributed by atoms with Gasteiger partial charge in [0.05, 0.1) is 7.11 Å². The highest BCUT2D eigenvalue weighted by Crippen LogP contribution is 2.32. The first kappa shape index (κ1) is 14.3. The maximum Gasteiger partial charge on any atom is 0.323 e. The zero-order chi connectivity index (χ0) is 14.4. The van der Waals surface area contributed by atoms with Crippen molar-refractivity contribution in [3.05, 3.63) is 71.8 Å². The lowest BCUT2D eigenvalue weighted by Crippen LogP contribution is -2.13. The fourth-order valence-electron chi connectivity index (χ4n) is 1.74. The quantitative estimate of drug-likeness (QED) is 0.807. The van der Waals surface area contributed by atoms with Crippen LogP contribution in [-0.4, -0.2) is 18.2 Å². The van der Waals surface area contributed by atoms with Crippen LogP contribution in [0.15, 0.2) is 60.7 Å². The van der Waals surface area contributed by atoms with E-state index in [0.29, 0.717) is 5.56 Å². The molecule has 0 aliphatic carbocycles. The van der Waals surface area contributed by atoms with Crippen molar-refractivity contribution < 1.29 is 14.3 Å². The number of methoxy groups -OCH3 is 1. The minimum Gasteiger partial charge on any atom is -0.468 e. The molecule has 2 aromatic rings. The first-order valence-electron chi connectivity index (χ1n) is 6.11. The number of rotatable bonds is 4. The molecular formula is C16H14O3S. The van der Waals surface area contributed by atoms with Crippen LogP contribution in [0.1, 0.15) is 21.2 Å². The summed E-state index contributed by atoms with van der Waals surface area (Å²) in [5, 5.41) is -0.793. The third kappa shape index (κ3) is 3.48. The van der Waals surface area contributed by atoms with Gasteiger partial charge in [0.1, 0.15) is 5.25 Å². The van der Waals surface area contributed by atoms with Gasteiger partial charge in [-0.1, -0.05) is 72.4 Å². The molecule has 0 aliphatic heterocycles. The van der Waals surface area contributed by atoms with Crippen molar-refractivity contribution in [3.8, 4) is 0 Å². The number of carbonyl (C=O) groups excluding carboxylic acids is 2. The molecule has 1 atom stereocenters. The minimum atomic E-state index is -0.645. The van der Waals surface area contributed by atoms with Gasteiger partial charge in [-0.3, -0.25) is 9.59 Å². The number of esters is 1. The molecule has 0 aliphatic rings. The number of hydrogen-bond donors (Lipinski definition) is 0. The largest absolute Gasteiger partial charge is 0.468 e. The van der Waals surface area contributed by atoms with E-state index in [9.17, 15) is 9.59 Å². The van der Waals surface area contributed by atoms with E-state index in [0.717, 1.165) is 17.3 Å². The molecule has 0 bridgehead atoms. The van der Waals surface area contributed by atoms with Gasteiger partial charge in [-0.2, -0.15) is 0 Å². The second-order valence-corrected chi connectivity index (χ2v) is 5.16. The molecule has 0 radical (unpaired) electrons. The first-order valence-corrected chi connectivity index (χ1v) is 6.99. The van der Waals surface area contributed by atoms with Crippen molar-refractivity contribution >= 4 is 22.8 Å². The molecule has 0 N–H and O–H groups in total. The highest BCUT2D eigenvalue weighted by molar-refractivity contribution is 8.14. The molecule has 20 heavy (non-hydrogen) atoms. The molecule has 0 amide bonds. The summed E-state index contributed by atoms with van der Waals surface area (Å²) in [6, 6.07) is 18.0. The van der Waals surface area contributed by atoms with Gasteiger partial charge in [0.2, 0.25) is 5.12 Å². The molecule has 3 nitrogen and oxygen atoms in total. The van der Waals surface area contributed by atoms with Crippen molar-refractivity contribution in [3.63, 3.8) is 0 Å². The Kier molecular flexibility index (Phi) is 4.96. The van der Waals surface area contributed by atoms with Gasteiger partial charge in [0.15, 0.2) is 0 Å². The number of ether oxygens (including phenoxy) is 1. The number of carbonyl (C=O) groups is 2. The second kappa shape index (κ2) is 6.91. The van der Waals surface area contributed by atoms with Gasteiger partial charge in [-0.25, -0.2) is 0 Å². The summed E-state index contributed by atoms with van der Waals surface area (Å²) >= 11 is 0.970. The maximum atomic E-state index is 12.2. The Balaban J connectivity index is 2.21. The zero-order valence-corrected chi connectivity index (χ0v) is 11.8. The van der Waals surface area contributed by atoms with Crippen molar-refractivity contribution in [2.24, 2.45) is 0 Å². The lowest BCUT2D eigenvalue weighted by Gasteiger charge is -2.13. The molecule has 0 saturated carbocycles. The van der Waals surface area contributed by atoms with E-state index >= 15 is 0 Å². The fraction of sp³-hybridized carbons (Fsp3) is 0.125. The molecule has 4 heteroatoms. The first-order chi connectivity index (χ1) is 9.72. The standard InChI is InChI=1S/C16H14O3S/c1-19-15(17)14(12-8-4-2-5-9-12)20-16(18)13-10-6-3-7-11-13/h2-11,14H,1H3. The molecule has 0 aromatic heterocycles. The Morgan fingerprint density at radius 1 is 0.950 bits per heavy atom. The van der Waals surface area contributed by atoms with Crippen molar-refractivity contribution in [1.82, 2.24) is 0 Å². The van der Waals surface area contributed by atoms with E-state index in [1.54, 1.807) is 24.3 Å². The summed E-state index contributed by atoms with van der Waals surface area (Å²) in [6.07, 6.45) is 0. The van der Waals surface area contributed by atoms with Gasteiger partial charge in [0.25, 0.3) is 0 Å². The van der Waals surface area contributed by atoms with E-state index in [1.165, 1.54) is 7.11 Å². The summed E-state index contributed by atoms with van der Waals surface area (Å²) in [4.78, 5) is 24.1. The molecule has 0 saturated heterocycles. The van der Waals surface area contributed by atoms with Crippen LogP contribution in [0, 0.1) is 0 Å². The Bertz CT molecular complexity index is 581. The summed E-state index contributed by atoms with van der Waals surface area (Å²) in [7, 11) is 1.33. The van der Waals surface area contributed by atoms with Gasteiger partial charge in [-0.05, 0) is 5.56 Å². The van der Waals surface area contributed by atoms with Crippen LogP contribution in [0.25, 0.3) is 0 Å². The predicted molar refractivity (Wildman–Crippen MR) is 79.6 cm³/mol. The van der Waals surface area contributed by atoms with E-state index in [2.05, 4.69) is 0 Å². The molecule has 0 spiro atoms. The summed E-state index contributed by atoms with van der Waals surface area (Å²) in [5.74, 6) is -0.425. The van der Waals surface area contributed by atoms with Gasteiger partial charge in [-0.15, -0.1) is 0 Å². The van der Waals surface area contributed by atoms with Crippen LogP contribution in [0.5, 0.6) is 0 Å². The van der Waals surface area contributed by atoms with Crippen molar-refractivity contribution in [1.29, 1.82) is 0 Å². The average molecular weight is 286 g/mol. The number of thioether (sulfide) groups is 1. The fourth-order valence-corrected chi connectivity index (χ4v) is 2.71. The summed E-state index contributed by atoms with van der Waals surface area (Å²) in [6.45, 7) is 0. The SMILES string of the molecule is COC(=O)C(SC(=O)c1ccccc1)c1ccccc1. The van der Waals surface area contributed by atoms with E-state index in [1.807, 2.05) is 36.4 Å². The zero-order valence-electron chi connectivity index (χ0n) is 11.0. The van der Waals surface area contributed by atoms with Crippen LogP contribution in [-0.2, 0) is 9.53 Å². The monoisotopic (exact) mass is 286 g/mol. The number of hydrogen-bond acceptors (Lipinski definition) is 4. The minimum absolute atomic E-state index is 0.148. The average Bonchev–Trinajstić information content (AvgIpc) is 2.53. The normalized spacial score (nSPS) is 11.7. The van der Waals surface area contributed by atoms with Gasteiger partial charge >= 0.3 is 5.97 Å². The molecule has 0 heterocycles. The van der Waals surface area contributed by atoms with Crippen molar-refractivity contribution in [2.75, 3.05) is 7.11 Å². The predicted octanol–water partition coefficient (Wildman–Crippen LogP) is 3.47. The topological polar surface area (TPSA) is 43.4 Å². The maximum absolute atomic E-state index is 12.2. The molecule has 2 rings (SSSR count). The van der Waals surface area contributed by atoms with E-state index in [4.69, 9.17) is 4.74 Å². The summed E-state index contributed by atoms with van der Waals surface area (Å²) in [5.41, 5.74) is 1.33. The third-order valence-corrected chi connectivity index (χ3v) is 3.90. The Labute approximate surface area is 122 Å². The lowest BCUT2D eigenvalue weighted by molar-refractivity contribution is -0.140.